The first kappa shape index (κ1) is 9.44. The van der Waals surface area contributed by atoms with E-state index in [9.17, 15) is 0 Å². The van der Waals surface area contributed by atoms with Crippen molar-refractivity contribution in [3.8, 4) is 0 Å². The lowest BCUT2D eigenvalue weighted by Gasteiger charge is -2.42. The van der Waals surface area contributed by atoms with Crippen molar-refractivity contribution >= 4 is 0 Å². The number of piperazine rings is 1. The van der Waals surface area contributed by atoms with Gasteiger partial charge in [-0.05, 0) is 12.8 Å². The second-order valence-electron chi connectivity index (χ2n) is 4.12. The van der Waals surface area contributed by atoms with Crippen molar-refractivity contribution in [1.82, 2.24) is 10.2 Å². The van der Waals surface area contributed by atoms with Gasteiger partial charge in [0.25, 0.3) is 0 Å². The second-order valence-corrected chi connectivity index (χ2v) is 4.12. The number of hydrogen-bond acceptors (Lipinski definition) is 3. The summed E-state index contributed by atoms with van der Waals surface area (Å²) in [5, 5.41) is 3.40. The van der Waals surface area contributed by atoms with Crippen LogP contribution in [0.25, 0.3) is 0 Å². The monoisotopic (exact) mass is 184 g/mol. The van der Waals surface area contributed by atoms with Crippen LogP contribution >= 0.6 is 0 Å². The minimum absolute atomic E-state index is 0.377. The third-order valence-electron chi connectivity index (χ3n) is 3.53. The third-order valence-corrected chi connectivity index (χ3v) is 3.53. The summed E-state index contributed by atoms with van der Waals surface area (Å²) in [5.41, 5.74) is 0.377. The van der Waals surface area contributed by atoms with Crippen LogP contribution in [0.15, 0.2) is 0 Å². The Hall–Kier alpha value is -0.120. The molecule has 0 bridgehead atoms. The molecule has 2 saturated heterocycles. The molecule has 0 amide bonds. The zero-order chi connectivity index (χ0) is 9.15. The summed E-state index contributed by atoms with van der Waals surface area (Å²) in [6, 6.07) is 0. The van der Waals surface area contributed by atoms with E-state index in [1.54, 1.807) is 0 Å². The van der Waals surface area contributed by atoms with Gasteiger partial charge in [0.2, 0.25) is 0 Å². The van der Waals surface area contributed by atoms with Crippen LogP contribution in [0.4, 0.5) is 0 Å². The molecule has 3 heteroatoms. The molecule has 0 aliphatic carbocycles. The molecule has 2 aliphatic rings. The average molecular weight is 184 g/mol. The lowest BCUT2D eigenvalue weighted by atomic mass is 9.92. The first-order valence-electron chi connectivity index (χ1n) is 5.41. The highest BCUT2D eigenvalue weighted by Gasteiger charge is 2.39. The van der Waals surface area contributed by atoms with Gasteiger partial charge in [-0.15, -0.1) is 0 Å². The van der Waals surface area contributed by atoms with Gasteiger partial charge in [-0.25, -0.2) is 0 Å². The SMILES string of the molecule is CC[C@@]1(N2CCNCC2)CCOC1. The lowest BCUT2D eigenvalue weighted by Crippen LogP contribution is -2.56. The number of rotatable bonds is 2. The smallest absolute Gasteiger partial charge is 0.0651 e. The quantitative estimate of drug-likeness (QED) is 0.675. The molecule has 0 aromatic carbocycles. The van der Waals surface area contributed by atoms with Crippen molar-refractivity contribution < 1.29 is 4.74 Å². The summed E-state index contributed by atoms with van der Waals surface area (Å²) in [7, 11) is 0. The summed E-state index contributed by atoms with van der Waals surface area (Å²) in [6.07, 6.45) is 2.45. The van der Waals surface area contributed by atoms with E-state index in [4.69, 9.17) is 4.74 Å². The molecule has 76 valence electrons. The molecule has 3 nitrogen and oxygen atoms in total. The highest BCUT2D eigenvalue weighted by Crippen LogP contribution is 2.29. The Morgan fingerprint density at radius 3 is 2.69 bits per heavy atom. The van der Waals surface area contributed by atoms with Crippen LogP contribution in [-0.4, -0.2) is 49.8 Å². The molecule has 2 heterocycles. The fraction of sp³-hybridized carbons (Fsp3) is 1.00. The largest absolute Gasteiger partial charge is 0.379 e. The van der Waals surface area contributed by atoms with Gasteiger partial charge in [0.15, 0.2) is 0 Å². The molecule has 0 unspecified atom stereocenters. The number of ether oxygens (including phenoxy) is 1. The maximum Gasteiger partial charge on any atom is 0.0651 e. The normalized spacial score (nSPS) is 36.7. The van der Waals surface area contributed by atoms with E-state index in [-0.39, 0.29) is 0 Å². The Morgan fingerprint density at radius 2 is 2.15 bits per heavy atom. The van der Waals surface area contributed by atoms with Crippen LogP contribution in [-0.2, 0) is 4.74 Å². The van der Waals surface area contributed by atoms with E-state index < -0.39 is 0 Å². The van der Waals surface area contributed by atoms with Gasteiger partial charge in [-0.1, -0.05) is 6.92 Å². The molecule has 0 saturated carbocycles. The van der Waals surface area contributed by atoms with Crippen molar-refractivity contribution in [3.05, 3.63) is 0 Å². The van der Waals surface area contributed by atoms with Crippen LogP contribution in [0.2, 0.25) is 0 Å². The Morgan fingerprint density at radius 1 is 1.38 bits per heavy atom. The highest BCUT2D eigenvalue weighted by molar-refractivity contribution is 4.94. The fourth-order valence-electron chi connectivity index (χ4n) is 2.49. The van der Waals surface area contributed by atoms with Gasteiger partial charge in [0.1, 0.15) is 0 Å². The van der Waals surface area contributed by atoms with Crippen LogP contribution < -0.4 is 5.32 Å². The molecule has 1 N–H and O–H groups in total. The molecular formula is C10H20N2O. The Kier molecular flexibility index (Phi) is 2.86. The average Bonchev–Trinajstić information content (AvgIpc) is 2.69. The topological polar surface area (TPSA) is 24.5 Å². The van der Waals surface area contributed by atoms with Gasteiger partial charge in [-0.3, -0.25) is 4.90 Å². The Balaban J connectivity index is 2.01. The molecule has 0 radical (unpaired) electrons. The van der Waals surface area contributed by atoms with Gasteiger partial charge < -0.3 is 10.1 Å². The minimum atomic E-state index is 0.377. The molecule has 2 rings (SSSR count). The van der Waals surface area contributed by atoms with E-state index in [1.807, 2.05) is 0 Å². The standard InChI is InChI=1S/C10H20N2O/c1-2-10(3-8-13-9-10)12-6-4-11-5-7-12/h11H,2-9H2,1H3/t10-/m1/s1. The van der Waals surface area contributed by atoms with Gasteiger partial charge in [-0.2, -0.15) is 0 Å². The molecule has 0 aromatic heterocycles. The molecule has 1 atom stereocenters. The van der Waals surface area contributed by atoms with Crippen LogP contribution in [0.5, 0.6) is 0 Å². The summed E-state index contributed by atoms with van der Waals surface area (Å²) >= 11 is 0. The zero-order valence-corrected chi connectivity index (χ0v) is 8.51. The molecule has 0 spiro atoms. The molecule has 2 aliphatic heterocycles. The van der Waals surface area contributed by atoms with Crippen LogP contribution in [0.1, 0.15) is 19.8 Å². The molecular weight excluding hydrogens is 164 g/mol. The maximum absolute atomic E-state index is 5.54. The van der Waals surface area contributed by atoms with Crippen molar-refractivity contribution in [2.45, 2.75) is 25.3 Å². The third kappa shape index (κ3) is 1.73. The summed E-state index contributed by atoms with van der Waals surface area (Å²) in [4.78, 5) is 2.62. The number of nitrogens with one attached hydrogen (secondary N) is 1. The fourth-order valence-corrected chi connectivity index (χ4v) is 2.49. The Labute approximate surface area is 80.4 Å². The predicted molar refractivity (Wildman–Crippen MR) is 52.9 cm³/mol. The van der Waals surface area contributed by atoms with E-state index in [1.165, 1.54) is 25.9 Å². The van der Waals surface area contributed by atoms with E-state index in [2.05, 4.69) is 17.1 Å². The maximum atomic E-state index is 5.54. The second kappa shape index (κ2) is 3.95. The van der Waals surface area contributed by atoms with E-state index in [0.717, 1.165) is 26.3 Å². The molecule has 2 fully saturated rings. The van der Waals surface area contributed by atoms with Crippen molar-refractivity contribution in [2.75, 3.05) is 39.4 Å². The molecule has 0 aromatic rings. The van der Waals surface area contributed by atoms with Gasteiger partial charge >= 0.3 is 0 Å². The Bertz CT molecular complexity index is 160. The van der Waals surface area contributed by atoms with Crippen molar-refractivity contribution in [2.24, 2.45) is 0 Å². The minimum Gasteiger partial charge on any atom is -0.379 e. The zero-order valence-electron chi connectivity index (χ0n) is 8.51. The summed E-state index contributed by atoms with van der Waals surface area (Å²) in [5.74, 6) is 0. The summed E-state index contributed by atoms with van der Waals surface area (Å²) < 4.78 is 5.54. The molecule has 13 heavy (non-hydrogen) atoms. The van der Waals surface area contributed by atoms with Crippen LogP contribution in [0.3, 0.4) is 0 Å². The first-order chi connectivity index (χ1) is 6.37. The predicted octanol–water partition coefficient (Wildman–Crippen LogP) is 0.461. The van der Waals surface area contributed by atoms with Crippen molar-refractivity contribution in [1.29, 1.82) is 0 Å². The van der Waals surface area contributed by atoms with Crippen LogP contribution in [0, 0.1) is 0 Å². The number of hydrogen-bond donors (Lipinski definition) is 1. The summed E-state index contributed by atoms with van der Waals surface area (Å²) in [6.45, 7) is 8.86. The highest BCUT2D eigenvalue weighted by atomic mass is 16.5. The number of nitrogens with zero attached hydrogens (tertiary/aromatic N) is 1. The van der Waals surface area contributed by atoms with E-state index >= 15 is 0 Å². The first-order valence-corrected chi connectivity index (χ1v) is 5.41. The van der Waals surface area contributed by atoms with E-state index in [0.29, 0.717) is 5.54 Å². The lowest BCUT2D eigenvalue weighted by molar-refractivity contribution is 0.0527. The van der Waals surface area contributed by atoms with Crippen molar-refractivity contribution in [3.63, 3.8) is 0 Å². The van der Waals surface area contributed by atoms with Gasteiger partial charge in [0.05, 0.1) is 6.61 Å². The van der Waals surface area contributed by atoms with Gasteiger partial charge in [0, 0.05) is 38.3 Å².